The van der Waals surface area contributed by atoms with Crippen molar-refractivity contribution < 1.29 is 9.18 Å². The van der Waals surface area contributed by atoms with Crippen molar-refractivity contribution in [3.05, 3.63) is 53.5 Å². The third-order valence-corrected chi connectivity index (χ3v) is 5.31. The van der Waals surface area contributed by atoms with Crippen LogP contribution in [0.4, 0.5) is 4.39 Å². The number of nitrogens with zero attached hydrogens (tertiary/aromatic N) is 2. The molecule has 1 aromatic carbocycles. The summed E-state index contributed by atoms with van der Waals surface area (Å²) in [5.74, 6) is 0.477. The monoisotopic (exact) mass is 383 g/mol. The van der Waals surface area contributed by atoms with E-state index in [1.165, 1.54) is 11.6 Å². The van der Waals surface area contributed by atoms with E-state index in [0.717, 1.165) is 32.2 Å². The second-order valence-electron chi connectivity index (χ2n) is 7.88. The lowest BCUT2D eigenvalue weighted by molar-refractivity contribution is 0.0756. The number of carbonyl (C=O) groups is 1. The summed E-state index contributed by atoms with van der Waals surface area (Å²) < 4.78 is 13.9. The van der Waals surface area contributed by atoms with Gasteiger partial charge in [-0.15, -0.1) is 0 Å². The van der Waals surface area contributed by atoms with Gasteiger partial charge in [-0.1, -0.05) is 51.1 Å². The number of H-pyrrole nitrogens is 1. The quantitative estimate of drug-likeness (QED) is 0.694. The maximum absolute atomic E-state index is 13.9. The van der Waals surface area contributed by atoms with Crippen molar-refractivity contribution in [1.29, 1.82) is 0 Å². The Balaban J connectivity index is 1.76. The molecule has 1 fully saturated rings. The molecule has 0 bridgehead atoms. The highest BCUT2D eigenvalue weighted by Crippen LogP contribution is 2.28. The van der Waals surface area contributed by atoms with Gasteiger partial charge >= 0.3 is 0 Å². The predicted molar refractivity (Wildman–Crippen MR) is 112 cm³/mol. The molecule has 1 atom stereocenters. The zero-order chi connectivity index (χ0) is 20.1. The molecule has 5 heteroatoms. The van der Waals surface area contributed by atoms with Crippen LogP contribution in [0.5, 0.6) is 0 Å². The van der Waals surface area contributed by atoms with Gasteiger partial charge in [0.15, 0.2) is 5.82 Å². The number of nitrogens with one attached hydrogen (secondary N) is 1. The van der Waals surface area contributed by atoms with Crippen LogP contribution in [0.1, 0.15) is 56.9 Å². The van der Waals surface area contributed by atoms with Crippen molar-refractivity contribution in [3.8, 4) is 0 Å². The lowest BCUT2D eigenvalue weighted by Crippen LogP contribution is -2.32. The first-order valence-electron chi connectivity index (χ1n) is 10.3. The van der Waals surface area contributed by atoms with Crippen molar-refractivity contribution >= 4 is 16.8 Å². The molecule has 0 saturated carbocycles. The fourth-order valence-corrected chi connectivity index (χ4v) is 3.92. The van der Waals surface area contributed by atoms with Crippen molar-refractivity contribution in [1.82, 2.24) is 15.1 Å². The largest absolute Gasteiger partial charge is 0.337 e. The van der Waals surface area contributed by atoms with Gasteiger partial charge in [0.2, 0.25) is 0 Å². The standard InChI is InChI=1S/C23H30FN3O/c1-4-5-8-18(15-16(2)3)17-9-7-13-27(14-12-17)23(28)22-19-10-6-11-20(24)21(19)25-26-22/h5-6,8,10-11,15-17H,4,7,9,12-14H2,1-3H3,(H,25,26)/b8-5-,18-15?. The molecule has 1 amide bonds. The van der Waals surface area contributed by atoms with Crippen LogP contribution in [0.2, 0.25) is 0 Å². The molecule has 0 spiro atoms. The molecular formula is C23H30FN3O. The fraction of sp³-hybridized carbons (Fsp3) is 0.478. The van der Waals surface area contributed by atoms with Crippen LogP contribution in [-0.4, -0.2) is 34.1 Å². The van der Waals surface area contributed by atoms with Gasteiger partial charge in [-0.25, -0.2) is 4.39 Å². The summed E-state index contributed by atoms with van der Waals surface area (Å²) >= 11 is 0. The van der Waals surface area contributed by atoms with Crippen LogP contribution in [0.25, 0.3) is 10.9 Å². The Morgan fingerprint density at radius 3 is 2.93 bits per heavy atom. The molecule has 1 aliphatic heterocycles. The second-order valence-corrected chi connectivity index (χ2v) is 7.88. The van der Waals surface area contributed by atoms with Crippen molar-refractivity contribution in [2.75, 3.05) is 13.1 Å². The number of fused-ring (bicyclic) bond motifs is 1. The number of benzene rings is 1. The minimum atomic E-state index is -0.407. The van der Waals surface area contributed by atoms with Crippen LogP contribution in [-0.2, 0) is 0 Å². The zero-order valence-electron chi connectivity index (χ0n) is 17.0. The highest BCUT2D eigenvalue weighted by atomic mass is 19.1. The van der Waals surface area contributed by atoms with Crippen LogP contribution >= 0.6 is 0 Å². The minimum Gasteiger partial charge on any atom is -0.337 e. The third kappa shape index (κ3) is 4.51. The molecule has 1 aromatic heterocycles. The van der Waals surface area contributed by atoms with Gasteiger partial charge < -0.3 is 4.90 Å². The molecule has 28 heavy (non-hydrogen) atoms. The summed E-state index contributed by atoms with van der Waals surface area (Å²) in [5.41, 5.74) is 2.00. The molecule has 0 radical (unpaired) electrons. The molecule has 1 saturated heterocycles. The summed E-state index contributed by atoms with van der Waals surface area (Å²) in [6.07, 6.45) is 10.8. The molecule has 1 N–H and O–H groups in total. The Bertz CT molecular complexity index is 881. The van der Waals surface area contributed by atoms with E-state index in [2.05, 4.69) is 49.2 Å². The van der Waals surface area contributed by atoms with Crippen molar-refractivity contribution in [2.24, 2.45) is 11.8 Å². The number of hydrogen-bond donors (Lipinski definition) is 1. The Kier molecular flexibility index (Phi) is 6.65. The summed E-state index contributed by atoms with van der Waals surface area (Å²) in [4.78, 5) is 15.0. The number of rotatable bonds is 5. The number of aromatic nitrogens is 2. The number of allylic oxidation sites excluding steroid dienone is 4. The number of halogens is 1. The Morgan fingerprint density at radius 2 is 2.18 bits per heavy atom. The highest BCUT2D eigenvalue weighted by Gasteiger charge is 2.25. The molecule has 1 unspecified atom stereocenters. The average Bonchev–Trinajstić information content (AvgIpc) is 2.95. The van der Waals surface area contributed by atoms with Gasteiger partial charge in [-0.2, -0.15) is 5.10 Å². The van der Waals surface area contributed by atoms with Crippen molar-refractivity contribution in [3.63, 3.8) is 0 Å². The Morgan fingerprint density at radius 1 is 1.36 bits per heavy atom. The summed E-state index contributed by atoms with van der Waals surface area (Å²) in [5, 5.41) is 7.31. The molecular weight excluding hydrogens is 353 g/mol. The SMILES string of the molecule is CC/C=C\C(=CC(C)C)C1CCCN(C(=O)c2[nH]nc3c(F)cccc23)CC1. The minimum absolute atomic E-state index is 0.0905. The fourth-order valence-electron chi connectivity index (χ4n) is 3.92. The molecule has 4 nitrogen and oxygen atoms in total. The van der Waals surface area contributed by atoms with Gasteiger partial charge in [-0.3, -0.25) is 9.89 Å². The number of hydrogen-bond acceptors (Lipinski definition) is 2. The number of para-hydroxylation sites is 1. The van der Waals surface area contributed by atoms with Gasteiger partial charge in [0.05, 0.1) is 0 Å². The van der Waals surface area contributed by atoms with Crippen LogP contribution in [0.15, 0.2) is 42.0 Å². The van der Waals surface area contributed by atoms with E-state index in [0.29, 0.717) is 29.5 Å². The first-order chi connectivity index (χ1) is 13.5. The third-order valence-electron chi connectivity index (χ3n) is 5.31. The lowest BCUT2D eigenvalue weighted by atomic mass is 9.89. The lowest BCUT2D eigenvalue weighted by Gasteiger charge is -2.20. The Labute approximate surface area is 166 Å². The van der Waals surface area contributed by atoms with Crippen molar-refractivity contribution in [2.45, 2.75) is 46.5 Å². The molecule has 150 valence electrons. The van der Waals surface area contributed by atoms with E-state index in [9.17, 15) is 9.18 Å². The zero-order valence-corrected chi connectivity index (χ0v) is 17.0. The topological polar surface area (TPSA) is 49.0 Å². The van der Waals surface area contributed by atoms with E-state index < -0.39 is 5.82 Å². The highest BCUT2D eigenvalue weighted by molar-refractivity contribution is 6.04. The van der Waals surface area contributed by atoms with Gasteiger partial charge in [0.1, 0.15) is 11.2 Å². The number of aromatic amines is 1. The molecule has 1 aliphatic rings. The summed E-state index contributed by atoms with van der Waals surface area (Å²) in [7, 11) is 0. The van der Waals surface area contributed by atoms with Crippen LogP contribution < -0.4 is 0 Å². The molecule has 2 heterocycles. The van der Waals surface area contributed by atoms with Crippen LogP contribution in [0, 0.1) is 17.7 Å². The summed E-state index contributed by atoms with van der Waals surface area (Å²) in [6, 6.07) is 4.72. The molecule has 0 aliphatic carbocycles. The molecule has 3 rings (SSSR count). The first kappa shape index (κ1) is 20.3. The molecule has 2 aromatic rings. The predicted octanol–water partition coefficient (Wildman–Crippen LogP) is 5.49. The Hall–Kier alpha value is -2.43. The van der Waals surface area contributed by atoms with Gasteiger partial charge in [0.25, 0.3) is 5.91 Å². The first-order valence-corrected chi connectivity index (χ1v) is 10.3. The number of amides is 1. The van der Waals surface area contributed by atoms with E-state index in [1.54, 1.807) is 12.1 Å². The van der Waals surface area contributed by atoms with E-state index in [-0.39, 0.29) is 11.4 Å². The number of carbonyl (C=O) groups excluding carboxylic acids is 1. The summed E-state index contributed by atoms with van der Waals surface area (Å²) in [6.45, 7) is 7.98. The average molecular weight is 384 g/mol. The maximum Gasteiger partial charge on any atom is 0.272 e. The normalized spacial score (nSPS) is 19.0. The maximum atomic E-state index is 13.9. The van der Waals surface area contributed by atoms with E-state index in [4.69, 9.17) is 0 Å². The number of likely N-dealkylation sites (tertiary alicyclic amines) is 1. The van der Waals surface area contributed by atoms with E-state index in [1.807, 2.05) is 4.90 Å². The van der Waals surface area contributed by atoms with Gasteiger partial charge in [-0.05, 0) is 49.2 Å². The van der Waals surface area contributed by atoms with Gasteiger partial charge in [0, 0.05) is 18.5 Å². The second kappa shape index (κ2) is 9.18. The van der Waals surface area contributed by atoms with Crippen LogP contribution in [0.3, 0.4) is 0 Å². The smallest absolute Gasteiger partial charge is 0.272 e. The van der Waals surface area contributed by atoms with E-state index >= 15 is 0 Å².